The van der Waals surface area contributed by atoms with Gasteiger partial charge in [-0.05, 0) is 26.2 Å². The van der Waals surface area contributed by atoms with Crippen LogP contribution in [0, 0.1) is 6.92 Å². The molecule has 0 aliphatic carbocycles. The summed E-state index contributed by atoms with van der Waals surface area (Å²) < 4.78 is 0. The van der Waals surface area contributed by atoms with Crippen molar-refractivity contribution < 1.29 is 14.7 Å². The highest BCUT2D eigenvalue weighted by molar-refractivity contribution is 7.09. The maximum absolute atomic E-state index is 12.1. The molecule has 1 fully saturated rings. The highest BCUT2D eigenvalue weighted by Gasteiger charge is 2.26. The van der Waals surface area contributed by atoms with Crippen molar-refractivity contribution in [3.05, 3.63) is 16.1 Å². The van der Waals surface area contributed by atoms with Crippen LogP contribution < -0.4 is 5.32 Å². The maximum Gasteiger partial charge on any atom is 0.317 e. The molecule has 7 heteroatoms. The number of rotatable bonds is 5. The van der Waals surface area contributed by atoms with Crippen molar-refractivity contribution in [2.45, 2.75) is 38.5 Å². The topological polar surface area (TPSA) is 82.5 Å². The zero-order chi connectivity index (χ0) is 15.2. The number of likely N-dealkylation sites (tertiary alicyclic amines) is 1. The molecule has 1 saturated heterocycles. The second kappa shape index (κ2) is 7.40. The molecule has 0 bridgehead atoms. The van der Waals surface area contributed by atoms with Crippen LogP contribution in [0.5, 0.6) is 0 Å². The van der Waals surface area contributed by atoms with Crippen LogP contribution in [0.25, 0.3) is 0 Å². The summed E-state index contributed by atoms with van der Waals surface area (Å²) in [5.41, 5.74) is 1.03. The van der Waals surface area contributed by atoms with Gasteiger partial charge in [0.15, 0.2) is 0 Å². The van der Waals surface area contributed by atoms with E-state index in [9.17, 15) is 9.59 Å². The third-order valence-electron chi connectivity index (χ3n) is 3.54. The van der Waals surface area contributed by atoms with Crippen LogP contribution in [0.4, 0.5) is 4.79 Å². The van der Waals surface area contributed by atoms with Crippen LogP contribution >= 0.6 is 11.3 Å². The van der Waals surface area contributed by atoms with Crippen molar-refractivity contribution >= 4 is 23.3 Å². The molecule has 0 spiro atoms. The first-order valence-electron chi connectivity index (χ1n) is 7.23. The van der Waals surface area contributed by atoms with Gasteiger partial charge in [-0.2, -0.15) is 0 Å². The monoisotopic (exact) mass is 311 g/mol. The van der Waals surface area contributed by atoms with Crippen molar-refractivity contribution in [2.75, 3.05) is 19.6 Å². The molecule has 6 nitrogen and oxygen atoms in total. The summed E-state index contributed by atoms with van der Waals surface area (Å²) in [6.07, 6.45) is 2.59. The highest BCUT2D eigenvalue weighted by Crippen LogP contribution is 2.29. The molecule has 1 aliphatic heterocycles. The number of nitrogens with zero attached hydrogens (tertiary/aromatic N) is 2. The van der Waals surface area contributed by atoms with Crippen molar-refractivity contribution in [1.82, 2.24) is 15.2 Å². The fourth-order valence-electron chi connectivity index (χ4n) is 2.47. The Hall–Kier alpha value is -1.63. The first kappa shape index (κ1) is 15.8. The number of carboxylic acid groups (broad SMARTS) is 1. The highest BCUT2D eigenvalue weighted by atomic mass is 32.1. The normalized spacial score (nSPS) is 18.5. The standard InChI is InChI=1S/C14H21N3O3S/c1-10-9-21-13(16-10)11-4-3-7-17(8-11)14(20)15-6-2-5-12(18)19/h9,11H,2-8H2,1H3,(H,15,20)(H,18,19). The van der Waals surface area contributed by atoms with Crippen LogP contribution in [0.15, 0.2) is 5.38 Å². The van der Waals surface area contributed by atoms with E-state index in [4.69, 9.17) is 5.11 Å². The molecule has 2 N–H and O–H groups in total. The van der Waals surface area contributed by atoms with E-state index >= 15 is 0 Å². The minimum absolute atomic E-state index is 0.0846. The van der Waals surface area contributed by atoms with Crippen LogP contribution in [0.1, 0.15) is 42.3 Å². The second-order valence-corrected chi connectivity index (χ2v) is 6.23. The number of nitrogens with one attached hydrogen (secondary N) is 1. The molecule has 0 aromatic carbocycles. The Morgan fingerprint density at radius 2 is 2.38 bits per heavy atom. The molecule has 2 amide bonds. The molecule has 1 aromatic rings. The summed E-state index contributed by atoms with van der Waals surface area (Å²) in [5.74, 6) is -0.511. The Morgan fingerprint density at radius 1 is 1.57 bits per heavy atom. The number of aromatic nitrogens is 1. The van der Waals surface area contributed by atoms with Crippen molar-refractivity contribution in [1.29, 1.82) is 0 Å². The summed E-state index contributed by atoms with van der Waals surface area (Å²) in [5, 5.41) is 14.5. The molecule has 2 rings (SSSR count). The first-order valence-corrected chi connectivity index (χ1v) is 8.11. The number of carbonyl (C=O) groups is 2. The van der Waals surface area contributed by atoms with Gasteiger partial charge in [-0.15, -0.1) is 11.3 Å². The predicted octanol–water partition coefficient (Wildman–Crippen LogP) is 2.21. The van der Waals surface area contributed by atoms with Gasteiger partial charge >= 0.3 is 12.0 Å². The number of amides is 2. The molecular weight excluding hydrogens is 290 g/mol. The number of piperidine rings is 1. The molecule has 2 heterocycles. The van der Waals surface area contributed by atoms with Crippen LogP contribution in [0.3, 0.4) is 0 Å². The molecular formula is C14H21N3O3S. The van der Waals surface area contributed by atoms with Crippen molar-refractivity contribution in [3.8, 4) is 0 Å². The van der Waals surface area contributed by atoms with Gasteiger partial charge in [0.05, 0.1) is 5.01 Å². The smallest absolute Gasteiger partial charge is 0.317 e. The first-order chi connectivity index (χ1) is 10.1. The Labute approximate surface area is 128 Å². The maximum atomic E-state index is 12.1. The summed E-state index contributed by atoms with van der Waals surface area (Å²) in [6.45, 7) is 3.84. The van der Waals surface area contributed by atoms with Crippen LogP contribution in [-0.4, -0.2) is 46.6 Å². The van der Waals surface area contributed by atoms with Gasteiger partial charge < -0.3 is 15.3 Å². The number of carboxylic acids is 1. The van der Waals surface area contributed by atoms with E-state index in [0.29, 0.717) is 25.4 Å². The van der Waals surface area contributed by atoms with Gasteiger partial charge in [0, 0.05) is 43.0 Å². The average molecular weight is 311 g/mol. The fraction of sp³-hybridized carbons (Fsp3) is 0.643. The van der Waals surface area contributed by atoms with E-state index in [2.05, 4.69) is 10.3 Å². The number of carbonyl (C=O) groups excluding carboxylic acids is 1. The molecule has 1 atom stereocenters. The van der Waals surface area contributed by atoms with Crippen molar-refractivity contribution in [3.63, 3.8) is 0 Å². The van der Waals surface area contributed by atoms with Gasteiger partial charge in [-0.25, -0.2) is 9.78 Å². The second-order valence-electron chi connectivity index (χ2n) is 5.34. The minimum Gasteiger partial charge on any atom is -0.481 e. The third-order valence-corrected chi connectivity index (χ3v) is 4.66. The number of hydrogen-bond donors (Lipinski definition) is 2. The quantitative estimate of drug-likeness (QED) is 0.817. The molecule has 1 unspecified atom stereocenters. The number of aryl methyl sites for hydroxylation is 1. The van der Waals surface area contributed by atoms with Gasteiger partial charge in [0.1, 0.15) is 0 Å². The molecule has 0 radical (unpaired) electrons. The van der Waals surface area contributed by atoms with E-state index in [-0.39, 0.29) is 12.5 Å². The molecule has 1 aromatic heterocycles. The number of urea groups is 1. The molecule has 21 heavy (non-hydrogen) atoms. The lowest BCUT2D eigenvalue weighted by Gasteiger charge is -2.31. The lowest BCUT2D eigenvalue weighted by molar-refractivity contribution is -0.137. The third kappa shape index (κ3) is 4.70. The molecule has 1 aliphatic rings. The van der Waals surface area contributed by atoms with E-state index in [1.165, 1.54) is 0 Å². The number of hydrogen-bond acceptors (Lipinski definition) is 4. The van der Waals surface area contributed by atoms with Gasteiger partial charge in [-0.1, -0.05) is 0 Å². The van der Waals surface area contributed by atoms with Gasteiger partial charge in [0.25, 0.3) is 0 Å². The zero-order valence-corrected chi connectivity index (χ0v) is 13.0. The summed E-state index contributed by atoms with van der Waals surface area (Å²) in [4.78, 5) is 28.8. The predicted molar refractivity (Wildman–Crippen MR) is 80.7 cm³/mol. The largest absolute Gasteiger partial charge is 0.481 e. The lowest BCUT2D eigenvalue weighted by atomic mass is 9.99. The summed E-state index contributed by atoms with van der Waals surface area (Å²) >= 11 is 1.66. The van der Waals surface area contributed by atoms with E-state index in [1.807, 2.05) is 17.2 Å². The minimum atomic E-state index is -0.832. The van der Waals surface area contributed by atoms with E-state index < -0.39 is 5.97 Å². The molecule has 116 valence electrons. The summed E-state index contributed by atoms with van der Waals surface area (Å²) in [7, 11) is 0. The SMILES string of the molecule is Cc1csc(C2CCCN(C(=O)NCCCC(=O)O)C2)n1. The van der Waals surface area contributed by atoms with Crippen LogP contribution in [-0.2, 0) is 4.79 Å². The van der Waals surface area contributed by atoms with E-state index in [1.54, 1.807) is 11.3 Å². The van der Waals surface area contributed by atoms with E-state index in [0.717, 1.165) is 30.1 Å². The Bertz CT molecular complexity index is 503. The zero-order valence-electron chi connectivity index (χ0n) is 12.2. The summed E-state index contributed by atoms with van der Waals surface area (Å²) in [6, 6.07) is -0.0987. The molecule has 0 saturated carbocycles. The average Bonchev–Trinajstić information content (AvgIpc) is 2.90. The van der Waals surface area contributed by atoms with Crippen molar-refractivity contribution in [2.24, 2.45) is 0 Å². The number of thiazole rings is 1. The number of aliphatic carboxylic acids is 1. The van der Waals surface area contributed by atoms with Crippen LogP contribution in [0.2, 0.25) is 0 Å². The Balaban J connectivity index is 1.80. The van der Waals surface area contributed by atoms with Gasteiger partial charge in [0.2, 0.25) is 0 Å². The fourth-order valence-corrected chi connectivity index (χ4v) is 3.40. The van der Waals surface area contributed by atoms with Gasteiger partial charge in [-0.3, -0.25) is 4.79 Å². The lowest BCUT2D eigenvalue weighted by Crippen LogP contribution is -2.45. The Morgan fingerprint density at radius 3 is 3.05 bits per heavy atom. The Kier molecular flexibility index (Phi) is 5.55.